The van der Waals surface area contributed by atoms with E-state index >= 15 is 0 Å². The lowest BCUT2D eigenvalue weighted by molar-refractivity contribution is -0.141. The van der Waals surface area contributed by atoms with Gasteiger partial charge < -0.3 is 4.74 Å². The Morgan fingerprint density at radius 1 is 1.33 bits per heavy atom. The van der Waals surface area contributed by atoms with Gasteiger partial charge in [0.25, 0.3) is 0 Å². The predicted octanol–water partition coefficient (Wildman–Crippen LogP) is 0.835. The van der Waals surface area contributed by atoms with Crippen LogP contribution in [0.3, 0.4) is 0 Å². The molecule has 0 atom stereocenters. The summed E-state index contributed by atoms with van der Waals surface area (Å²) in [4.78, 5) is 11.3. The van der Waals surface area contributed by atoms with E-state index in [1.165, 1.54) is 6.08 Å². The molecule has 1 aromatic carbocycles. The van der Waals surface area contributed by atoms with Crippen molar-refractivity contribution in [3.05, 3.63) is 48.6 Å². The minimum Gasteiger partial charge on any atom is -0.460 e. The summed E-state index contributed by atoms with van der Waals surface area (Å²) in [5, 5.41) is 0. The molecule has 1 rings (SSSR count). The van der Waals surface area contributed by atoms with Crippen molar-refractivity contribution in [2.75, 3.05) is 12.3 Å². The van der Waals surface area contributed by atoms with Gasteiger partial charge in [-0.2, -0.15) is 0 Å². The SMILES string of the molecule is C=CCNS(=O)(=O)CC(=O)OCc1ccccc1. The van der Waals surface area contributed by atoms with E-state index in [0.29, 0.717) is 0 Å². The third-order valence-corrected chi connectivity index (χ3v) is 3.22. The molecule has 0 saturated carbocycles. The third kappa shape index (κ3) is 5.60. The van der Waals surface area contributed by atoms with Gasteiger partial charge in [-0.25, -0.2) is 13.1 Å². The lowest BCUT2D eigenvalue weighted by atomic mass is 10.2. The molecule has 0 saturated heterocycles. The number of ether oxygens (including phenoxy) is 1. The first-order valence-electron chi connectivity index (χ1n) is 5.31. The van der Waals surface area contributed by atoms with E-state index in [-0.39, 0.29) is 13.2 Å². The lowest BCUT2D eigenvalue weighted by Gasteiger charge is -2.06. The summed E-state index contributed by atoms with van der Waals surface area (Å²) in [5.41, 5.74) is 0.808. The van der Waals surface area contributed by atoms with Gasteiger partial charge in [-0.1, -0.05) is 36.4 Å². The fourth-order valence-corrected chi connectivity index (χ4v) is 2.04. The van der Waals surface area contributed by atoms with E-state index < -0.39 is 21.7 Å². The minimum atomic E-state index is -3.64. The van der Waals surface area contributed by atoms with Crippen molar-refractivity contribution in [2.24, 2.45) is 0 Å². The van der Waals surface area contributed by atoms with Crippen LogP contribution in [-0.4, -0.2) is 26.7 Å². The molecule has 18 heavy (non-hydrogen) atoms. The second-order valence-electron chi connectivity index (χ2n) is 3.54. The van der Waals surface area contributed by atoms with Crippen LogP contribution in [0.1, 0.15) is 5.56 Å². The van der Waals surface area contributed by atoms with E-state index in [2.05, 4.69) is 11.3 Å². The summed E-state index contributed by atoms with van der Waals surface area (Å²) in [5.74, 6) is -1.47. The number of hydrogen-bond acceptors (Lipinski definition) is 4. The first kappa shape index (κ1) is 14.4. The molecule has 0 aliphatic carbocycles. The van der Waals surface area contributed by atoms with E-state index in [0.717, 1.165) is 5.56 Å². The number of carbonyl (C=O) groups excluding carboxylic acids is 1. The minimum absolute atomic E-state index is 0.0661. The number of benzene rings is 1. The van der Waals surface area contributed by atoms with E-state index in [4.69, 9.17) is 4.74 Å². The average molecular weight is 269 g/mol. The third-order valence-electron chi connectivity index (χ3n) is 2.00. The molecule has 0 spiro atoms. The number of sulfonamides is 1. The summed E-state index contributed by atoms with van der Waals surface area (Å²) in [6.45, 7) is 3.53. The van der Waals surface area contributed by atoms with Crippen molar-refractivity contribution in [1.29, 1.82) is 0 Å². The molecule has 0 bridgehead atoms. The molecule has 0 fully saturated rings. The molecule has 0 heterocycles. The Labute approximate surface area is 107 Å². The summed E-state index contributed by atoms with van der Waals surface area (Å²) in [7, 11) is -3.64. The van der Waals surface area contributed by atoms with Gasteiger partial charge in [-0.05, 0) is 5.56 Å². The van der Waals surface area contributed by atoms with Crippen molar-refractivity contribution in [3.8, 4) is 0 Å². The second-order valence-corrected chi connectivity index (χ2v) is 5.35. The van der Waals surface area contributed by atoms with Gasteiger partial charge in [0.1, 0.15) is 6.61 Å². The molecule has 0 aliphatic heterocycles. The molecule has 0 radical (unpaired) electrons. The first-order valence-corrected chi connectivity index (χ1v) is 6.96. The van der Waals surface area contributed by atoms with Gasteiger partial charge in [-0.15, -0.1) is 6.58 Å². The first-order chi connectivity index (χ1) is 8.53. The Bertz CT molecular complexity index is 496. The summed E-state index contributed by atoms with van der Waals surface area (Å²) in [6, 6.07) is 9.04. The monoisotopic (exact) mass is 269 g/mol. The molecule has 1 N–H and O–H groups in total. The Morgan fingerprint density at radius 3 is 2.61 bits per heavy atom. The van der Waals surface area contributed by atoms with Crippen LogP contribution < -0.4 is 4.72 Å². The topological polar surface area (TPSA) is 72.5 Å². The quantitative estimate of drug-likeness (QED) is 0.588. The summed E-state index contributed by atoms with van der Waals surface area (Å²) >= 11 is 0. The molecule has 0 aliphatic rings. The highest BCUT2D eigenvalue weighted by Gasteiger charge is 2.16. The molecule has 98 valence electrons. The van der Waals surface area contributed by atoms with Crippen LogP contribution in [0.5, 0.6) is 0 Å². The summed E-state index contributed by atoms with van der Waals surface area (Å²) < 4.78 is 29.8. The van der Waals surface area contributed by atoms with Crippen LogP contribution in [-0.2, 0) is 26.2 Å². The smallest absolute Gasteiger partial charge is 0.322 e. The van der Waals surface area contributed by atoms with Crippen LogP contribution in [0.2, 0.25) is 0 Å². The zero-order chi connectivity index (χ0) is 13.4. The fraction of sp³-hybridized carbons (Fsp3) is 0.250. The van der Waals surface area contributed by atoms with E-state index in [1.54, 1.807) is 12.1 Å². The van der Waals surface area contributed by atoms with E-state index in [1.807, 2.05) is 18.2 Å². The predicted molar refractivity (Wildman–Crippen MR) is 68.2 cm³/mol. The molecular weight excluding hydrogens is 254 g/mol. The van der Waals surface area contributed by atoms with Crippen molar-refractivity contribution in [2.45, 2.75) is 6.61 Å². The number of carbonyl (C=O) groups is 1. The average Bonchev–Trinajstić information content (AvgIpc) is 2.35. The van der Waals surface area contributed by atoms with Gasteiger partial charge in [0.05, 0.1) is 0 Å². The van der Waals surface area contributed by atoms with Crippen LogP contribution in [0.15, 0.2) is 43.0 Å². The largest absolute Gasteiger partial charge is 0.460 e. The summed E-state index contributed by atoms with van der Waals surface area (Å²) in [6.07, 6.45) is 1.40. The van der Waals surface area contributed by atoms with Gasteiger partial charge in [0, 0.05) is 6.54 Å². The lowest BCUT2D eigenvalue weighted by Crippen LogP contribution is -2.31. The number of nitrogens with one attached hydrogen (secondary N) is 1. The Balaban J connectivity index is 2.40. The normalized spacial score (nSPS) is 10.9. The highest BCUT2D eigenvalue weighted by molar-refractivity contribution is 7.90. The molecular formula is C12H15NO4S. The van der Waals surface area contributed by atoms with Gasteiger partial charge in [0.2, 0.25) is 10.0 Å². The highest BCUT2D eigenvalue weighted by Crippen LogP contribution is 2.01. The Hall–Kier alpha value is -1.66. The van der Waals surface area contributed by atoms with Crippen LogP contribution in [0.4, 0.5) is 0 Å². The van der Waals surface area contributed by atoms with Crippen molar-refractivity contribution in [3.63, 3.8) is 0 Å². The number of esters is 1. The zero-order valence-electron chi connectivity index (χ0n) is 9.83. The highest BCUT2D eigenvalue weighted by atomic mass is 32.2. The molecule has 0 amide bonds. The van der Waals surface area contributed by atoms with Crippen molar-refractivity contribution in [1.82, 2.24) is 4.72 Å². The van der Waals surface area contributed by atoms with Crippen LogP contribution in [0, 0.1) is 0 Å². The maximum absolute atomic E-state index is 11.4. The maximum Gasteiger partial charge on any atom is 0.322 e. The maximum atomic E-state index is 11.4. The number of rotatable bonds is 7. The van der Waals surface area contributed by atoms with Gasteiger partial charge in [0.15, 0.2) is 5.75 Å². The fourth-order valence-electron chi connectivity index (χ4n) is 1.17. The zero-order valence-corrected chi connectivity index (χ0v) is 10.7. The number of hydrogen-bond donors (Lipinski definition) is 1. The van der Waals surface area contributed by atoms with Gasteiger partial charge in [-0.3, -0.25) is 4.79 Å². The molecule has 0 aromatic heterocycles. The molecule has 0 unspecified atom stereocenters. The Kier molecular flexibility index (Phi) is 5.54. The van der Waals surface area contributed by atoms with Crippen molar-refractivity contribution < 1.29 is 17.9 Å². The Morgan fingerprint density at radius 2 is 2.00 bits per heavy atom. The van der Waals surface area contributed by atoms with Crippen molar-refractivity contribution >= 4 is 16.0 Å². The second kappa shape index (κ2) is 6.93. The van der Waals surface area contributed by atoms with Crippen LogP contribution in [0.25, 0.3) is 0 Å². The standard InChI is InChI=1S/C12H15NO4S/c1-2-8-13-18(15,16)10-12(14)17-9-11-6-4-3-5-7-11/h2-7,13H,1,8-10H2. The molecule has 1 aromatic rings. The molecule has 5 nitrogen and oxygen atoms in total. The van der Waals surface area contributed by atoms with Gasteiger partial charge >= 0.3 is 5.97 Å². The van der Waals surface area contributed by atoms with E-state index in [9.17, 15) is 13.2 Å². The molecule has 6 heteroatoms. The van der Waals surface area contributed by atoms with Crippen LogP contribution >= 0.6 is 0 Å².